The average molecular weight is 150 g/mol. The van der Waals surface area contributed by atoms with Gasteiger partial charge in [0.2, 0.25) is 0 Å². The maximum Gasteiger partial charge on any atom is 0.167 e. The van der Waals surface area contributed by atoms with Gasteiger partial charge in [0, 0.05) is 4.91 Å². The topological polar surface area (TPSA) is 17.1 Å². The first-order chi connectivity index (χ1) is 4.88. The van der Waals surface area contributed by atoms with Crippen molar-refractivity contribution in [2.75, 3.05) is 0 Å². The summed E-state index contributed by atoms with van der Waals surface area (Å²) in [4.78, 5) is 12.2. The van der Waals surface area contributed by atoms with Crippen molar-refractivity contribution >= 4 is 17.5 Å². The molecular formula is C8H6OS. The van der Waals surface area contributed by atoms with Crippen molar-refractivity contribution in [1.29, 1.82) is 0 Å². The highest BCUT2D eigenvalue weighted by atomic mass is 32.2. The van der Waals surface area contributed by atoms with Crippen LogP contribution in [-0.4, -0.2) is 5.78 Å². The molecule has 10 heavy (non-hydrogen) atoms. The Balaban J connectivity index is 2.40. The normalized spacial score (nSPS) is 28.6. The third-order valence-electron chi connectivity index (χ3n) is 1.61. The lowest BCUT2D eigenvalue weighted by Crippen LogP contribution is -2.10. The second-order valence-electron chi connectivity index (χ2n) is 2.25. The Kier molecular flexibility index (Phi) is 1.27. The van der Waals surface area contributed by atoms with E-state index < -0.39 is 0 Å². The average Bonchev–Trinajstić information content (AvgIpc) is 2.36. The summed E-state index contributed by atoms with van der Waals surface area (Å²) in [5, 5.41) is 1.97. The lowest BCUT2D eigenvalue weighted by molar-refractivity contribution is -0.115. The van der Waals surface area contributed by atoms with Gasteiger partial charge in [-0.25, -0.2) is 0 Å². The van der Waals surface area contributed by atoms with Crippen LogP contribution in [-0.2, 0) is 4.79 Å². The molecule has 1 atom stereocenters. The fourth-order valence-corrected chi connectivity index (χ4v) is 1.98. The zero-order valence-electron chi connectivity index (χ0n) is 5.28. The highest BCUT2D eigenvalue weighted by Crippen LogP contribution is 2.36. The van der Waals surface area contributed by atoms with Crippen LogP contribution in [0, 0.1) is 5.92 Å². The van der Waals surface area contributed by atoms with Crippen molar-refractivity contribution < 1.29 is 4.79 Å². The van der Waals surface area contributed by atoms with Crippen LogP contribution in [0.3, 0.4) is 0 Å². The standard InChI is InChI=1S/C8H6OS/c9-7-2-1-3-8-6(7)4-5-10-8/h1-6H/t6-/m0/s1. The van der Waals surface area contributed by atoms with E-state index in [1.807, 2.05) is 23.6 Å². The zero-order valence-corrected chi connectivity index (χ0v) is 6.10. The van der Waals surface area contributed by atoms with Crippen molar-refractivity contribution in [3.8, 4) is 0 Å². The van der Waals surface area contributed by atoms with E-state index >= 15 is 0 Å². The zero-order chi connectivity index (χ0) is 6.97. The van der Waals surface area contributed by atoms with E-state index in [9.17, 15) is 4.79 Å². The maximum atomic E-state index is 11.1. The van der Waals surface area contributed by atoms with E-state index in [1.54, 1.807) is 17.8 Å². The van der Waals surface area contributed by atoms with Crippen molar-refractivity contribution in [2.45, 2.75) is 0 Å². The minimum atomic E-state index is 0.0509. The third kappa shape index (κ3) is 0.762. The van der Waals surface area contributed by atoms with Crippen LogP contribution in [0.2, 0.25) is 0 Å². The molecule has 2 aliphatic rings. The Morgan fingerprint density at radius 3 is 3.20 bits per heavy atom. The van der Waals surface area contributed by atoms with Crippen LogP contribution in [0.25, 0.3) is 0 Å². The molecule has 0 bridgehead atoms. The van der Waals surface area contributed by atoms with Crippen molar-refractivity contribution in [2.24, 2.45) is 5.92 Å². The molecule has 0 saturated carbocycles. The first-order valence-electron chi connectivity index (χ1n) is 3.13. The van der Waals surface area contributed by atoms with Crippen LogP contribution in [0.1, 0.15) is 0 Å². The number of carbonyl (C=O) groups excluding carboxylic acids is 1. The fraction of sp³-hybridized carbons (Fsp3) is 0.125. The highest BCUT2D eigenvalue weighted by Gasteiger charge is 2.23. The molecule has 0 amide bonds. The molecule has 1 aliphatic heterocycles. The molecule has 50 valence electrons. The first kappa shape index (κ1) is 5.98. The van der Waals surface area contributed by atoms with Gasteiger partial charge in [-0.2, -0.15) is 0 Å². The Morgan fingerprint density at radius 1 is 1.50 bits per heavy atom. The van der Waals surface area contributed by atoms with Crippen molar-refractivity contribution in [3.05, 3.63) is 34.6 Å². The van der Waals surface area contributed by atoms with Crippen molar-refractivity contribution in [3.63, 3.8) is 0 Å². The molecule has 0 aromatic heterocycles. The molecule has 0 spiro atoms. The van der Waals surface area contributed by atoms with E-state index in [1.165, 1.54) is 0 Å². The minimum Gasteiger partial charge on any atom is -0.294 e. The number of rotatable bonds is 0. The number of hydrogen-bond acceptors (Lipinski definition) is 2. The maximum absolute atomic E-state index is 11.1. The molecule has 0 fully saturated rings. The summed E-state index contributed by atoms with van der Waals surface area (Å²) >= 11 is 1.64. The Bertz CT molecular complexity index is 260. The SMILES string of the molecule is O=C1C=CC=C2SC=C[C@@H]12. The van der Waals surface area contributed by atoms with Gasteiger partial charge in [0.05, 0.1) is 5.92 Å². The molecule has 0 N–H and O–H groups in total. The van der Waals surface area contributed by atoms with Gasteiger partial charge in [-0.05, 0) is 11.5 Å². The van der Waals surface area contributed by atoms with Crippen LogP contribution in [0.5, 0.6) is 0 Å². The first-order valence-corrected chi connectivity index (χ1v) is 4.01. The number of ketones is 1. The summed E-state index contributed by atoms with van der Waals surface area (Å²) in [5.41, 5.74) is 0. The van der Waals surface area contributed by atoms with Crippen LogP contribution in [0.4, 0.5) is 0 Å². The van der Waals surface area contributed by atoms with Gasteiger partial charge in [0.1, 0.15) is 0 Å². The smallest absolute Gasteiger partial charge is 0.167 e. The van der Waals surface area contributed by atoms with Gasteiger partial charge in [-0.3, -0.25) is 4.79 Å². The number of thioether (sulfide) groups is 1. The molecule has 0 radical (unpaired) electrons. The van der Waals surface area contributed by atoms with Gasteiger partial charge in [-0.15, -0.1) is 11.8 Å². The van der Waals surface area contributed by atoms with Gasteiger partial charge < -0.3 is 0 Å². The summed E-state index contributed by atoms with van der Waals surface area (Å²) in [6.07, 6.45) is 7.39. The molecule has 1 nitrogen and oxygen atoms in total. The summed E-state index contributed by atoms with van der Waals surface area (Å²) in [7, 11) is 0. The molecule has 2 rings (SSSR count). The molecular weight excluding hydrogens is 144 g/mol. The molecule has 0 aromatic rings. The predicted molar refractivity (Wildman–Crippen MR) is 42.5 cm³/mol. The monoisotopic (exact) mass is 150 g/mol. The third-order valence-corrected chi connectivity index (χ3v) is 2.56. The van der Waals surface area contributed by atoms with E-state index in [4.69, 9.17) is 0 Å². The van der Waals surface area contributed by atoms with Crippen LogP contribution >= 0.6 is 11.8 Å². The Labute approximate surface area is 63.5 Å². The van der Waals surface area contributed by atoms with E-state index in [2.05, 4.69) is 0 Å². The minimum absolute atomic E-state index is 0.0509. The Morgan fingerprint density at radius 2 is 2.40 bits per heavy atom. The molecule has 0 aromatic carbocycles. The van der Waals surface area contributed by atoms with Gasteiger partial charge in [-0.1, -0.05) is 18.2 Å². The molecule has 1 aliphatic carbocycles. The quantitative estimate of drug-likeness (QED) is 0.524. The highest BCUT2D eigenvalue weighted by molar-refractivity contribution is 8.06. The molecule has 0 saturated heterocycles. The second kappa shape index (κ2) is 2.13. The largest absolute Gasteiger partial charge is 0.294 e. The molecule has 1 heterocycles. The van der Waals surface area contributed by atoms with E-state index in [0.717, 1.165) is 4.91 Å². The summed E-state index contributed by atoms with van der Waals surface area (Å²) < 4.78 is 0. The van der Waals surface area contributed by atoms with Gasteiger partial charge in [0.25, 0.3) is 0 Å². The summed E-state index contributed by atoms with van der Waals surface area (Å²) in [6, 6.07) is 0. The van der Waals surface area contributed by atoms with Gasteiger partial charge in [0.15, 0.2) is 5.78 Å². The fourth-order valence-electron chi connectivity index (χ4n) is 1.08. The van der Waals surface area contributed by atoms with E-state index in [-0.39, 0.29) is 11.7 Å². The van der Waals surface area contributed by atoms with Crippen molar-refractivity contribution in [1.82, 2.24) is 0 Å². The number of allylic oxidation sites excluding steroid dienone is 5. The lowest BCUT2D eigenvalue weighted by atomic mass is 10.00. The lowest BCUT2D eigenvalue weighted by Gasteiger charge is -2.08. The van der Waals surface area contributed by atoms with Crippen LogP contribution < -0.4 is 0 Å². The summed E-state index contributed by atoms with van der Waals surface area (Å²) in [5.74, 6) is 0.258. The van der Waals surface area contributed by atoms with Gasteiger partial charge >= 0.3 is 0 Å². The number of carbonyl (C=O) groups is 1. The number of fused-ring (bicyclic) bond motifs is 1. The second-order valence-corrected chi connectivity index (χ2v) is 3.23. The number of hydrogen-bond donors (Lipinski definition) is 0. The Hall–Kier alpha value is -0.760. The predicted octanol–water partition coefficient (Wildman–Crippen LogP) is 1.89. The van der Waals surface area contributed by atoms with E-state index in [0.29, 0.717) is 0 Å². The van der Waals surface area contributed by atoms with Crippen LogP contribution in [0.15, 0.2) is 34.6 Å². The molecule has 2 heteroatoms. The summed E-state index contributed by atoms with van der Waals surface area (Å²) in [6.45, 7) is 0. The molecule has 0 unspecified atom stereocenters.